The molecule has 90 valence electrons. The summed E-state index contributed by atoms with van der Waals surface area (Å²) in [4.78, 5) is 8.34. The number of hydrogen-bond donors (Lipinski definition) is 1. The van der Waals surface area contributed by atoms with Crippen LogP contribution in [0.15, 0.2) is 12.3 Å². The SMILES string of the molecule is CCc1cc(Cc2cnc(C)nc2N)n(C)n1. The fourth-order valence-electron chi connectivity index (χ4n) is 1.75. The highest BCUT2D eigenvalue weighted by molar-refractivity contribution is 5.40. The Morgan fingerprint density at radius 1 is 1.41 bits per heavy atom. The molecular weight excluding hydrogens is 214 g/mol. The Morgan fingerprint density at radius 3 is 2.76 bits per heavy atom. The van der Waals surface area contributed by atoms with Gasteiger partial charge in [0.25, 0.3) is 0 Å². The van der Waals surface area contributed by atoms with Crippen LogP contribution in [-0.4, -0.2) is 19.7 Å². The molecule has 0 saturated carbocycles. The van der Waals surface area contributed by atoms with E-state index in [-0.39, 0.29) is 0 Å². The van der Waals surface area contributed by atoms with E-state index < -0.39 is 0 Å². The van der Waals surface area contributed by atoms with Crippen molar-refractivity contribution in [3.8, 4) is 0 Å². The number of rotatable bonds is 3. The molecule has 0 aliphatic rings. The van der Waals surface area contributed by atoms with E-state index in [0.717, 1.165) is 29.8 Å². The van der Waals surface area contributed by atoms with Crippen LogP contribution < -0.4 is 5.73 Å². The first kappa shape index (κ1) is 11.6. The van der Waals surface area contributed by atoms with Crippen molar-refractivity contribution in [2.45, 2.75) is 26.7 Å². The van der Waals surface area contributed by atoms with E-state index >= 15 is 0 Å². The van der Waals surface area contributed by atoms with Gasteiger partial charge in [0, 0.05) is 30.9 Å². The van der Waals surface area contributed by atoms with E-state index in [9.17, 15) is 0 Å². The van der Waals surface area contributed by atoms with Crippen LogP contribution in [0.5, 0.6) is 0 Å². The first-order valence-electron chi connectivity index (χ1n) is 5.70. The molecule has 2 heterocycles. The molecule has 0 unspecified atom stereocenters. The zero-order valence-corrected chi connectivity index (χ0v) is 10.4. The van der Waals surface area contributed by atoms with Crippen molar-refractivity contribution in [1.29, 1.82) is 0 Å². The molecule has 0 amide bonds. The molecule has 0 bridgehead atoms. The van der Waals surface area contributed by atoms with Crippen LogP contribution in [0.3, 0.4) is 0 Å². The van der Waals surface area contributed by atoms with Gasteiger partial charge in [0.2, 0.25) is 0 Å². The molecule has 0 aliphatic heterocycles. The summed E-state index contributed by atoms with van der Waals surface area (Å²) < 4.78 is 1.89. The van der Waals surface area contributed by atoms with Gasteiger partial charge in [0.15, 0.2) is 0 Å². The fraction of sp³-hybridized carbons (Fsp3) is 0.417. The van der Waals surface area contributed by atoms with Crippen LogP contribution in [0.2, 0.25) is 0 Å². The molecule has 2 aromatic heterocycles. The smallest absolute Gasteiger partial charge is 0.130 e. The van der Waals surface area contributed by atoms with Crippen molar-refractivity contribution in [3.63, 3.8) is 0 Å². The molecule has 0 aromatic carbocycles. The van der Waals surface area contributed by atoms with E-state index in [1.807, 2.05) is 18.7 Å². The Bertz CT molecular complexity index is 530. The number of nitrogens with zero attached hydrogens (tertiary/aromatic N) is 4. The van der Waals surface area contributed by atoms with Crippen molar-refractivity contribution >= 4 is 5.82 Å². The number of anilines is 1. The molecule has 2 rings (SSSR count). The van der Waals surface area contributed by atoms with Gasteiger partial charge in [-0.05, 0) is 19.4 Å². The zero-order chi connectivity index (χ0) is 12.4. The molecule has 17 heavy (non-hydrogen) atoms. The summed E-state index contributed by atoms with van der Waals surface area (Å²) in [5.74, 6) is 1.25. The second-order valence-corrected chi connectivity index (χ2v) is 4.11. The minimum Gasteiger partial charge on any atom is -0.383 e. The molecule has 0 spiro atoms. The molecule has 0 fully saturated rings. The average Bonchev–Trinajstić information content (AvgIpc) is 2.64. The lowest BCUT2D eigenvalue weighted by molar-refractivity contribution is 0.709. The Labute approximate surface area is 101 Å². The Kier molecular flexibility index (Phi) is 3.08. The Morgan fingerprint density at radius 2 is 2.18 bits per heavy atom. The van der Waals surface area contributed by atoms with Gasteiger partial charge in [-0.15, -0.1) is 0 Å². The third-order valence-electron chi connectivity index (χ3n) is 2.78. The average molecular weight is 231 g/mol. The highest BCUT2D eigenvalue weighted by Crippen LogP contribution is 2.14. The van der Waals surface area contributed by atoms with E-state index in [1.165, 1.54) is 0 Å². The van der Waals surface area contributed by atoms with Gasteiger partial charge in [-0.25, -0.2) is 9.97 Å². The molecule has 5 heteroatoms. The number of nitrogens with two attached hydrogens (primary N) is 1. The lowest BCUT2D eigenvalue weighted by Gasteiger charge is -2.05. The highest BCUT2D eigenvalue weighted by atomic mass is 15.3. The van der Waals surface area contributed by atoms with E-state index in [1.54, 1.807) is 6.20 Å². The minimum atomic E-state index is 0.553. The van der Waals surface area contributed by atoms with Crippen molar-refractivity contribution in [3.05, 3.63) is 35.0 Å². The van der Waals surface area contributed by atoms with Gasteiger partial charge in [-0.2, -0.15) is 5.10 Å². The maximum atomic E-state index is 5.88. The van der Waals surface area contributed by atoms with Gasteiger partial charge in [-0.3, -0.25) is 4.68 Å². The van der Waals surface area contributed by atoms with E-state index in [2.05, 4.69) is 28.1 Å². The van der Waals surface area contributed by atoms with Crippen molar-refractivity contribution < 1.29 is 0 Å². The van der Waals surface area contributed by atoms with Gasteiger partial charge in [0.1, 0.15) is 11.6 Å². The summed E-state index contributed by atoms with van der Waals surface area (Å²) in [6.07, 6.45) is 3.44. The predicted molar refractivity (Wildman–Crippen MR) is 66.6 cm³/mol. The number of aryl methyl sites for hydroxylation is 3. The van der Waals surface area contributed by atoms with Gasteiger partial charge >= 0.3 is 0 Å². The lowest BCUT2D eigenvalue weighted by Crippen LogP contribution is -2.05. The Hall–Kier alpha value is -1.91. The summed E-state index contributed by atoms with van der Waals surface area (Å²) in [5, 5.41) is 4.41. The lowest BCUT2D eigenvalue weighted by atomic mass is 10.1. The van der Waals surface area contributed by atoms with Crippen LogP contribution in [0, 0.1) is 6.92 Å². The minimum absolute atomic E-state index is 0.553. The largest absolute Gasteiger partial charge is 0.383 e. The number of nitrogen functional groups attached to an aromatic ring is 1. The normalized spacial score (nSPS) is 10.8. The van der Waals surface area contributed by atoms with Crippen molar-refractivity contribution in [2.75, 3.05) is 5.73 Å². The maximum Gasteiger partial charge on any atom is 0.130 e. The third-order valence-corrected chi connectivity index (χ3v) is 2.78. The highest BCUT2D eigenvalue weighted by Gasteiger charge is 2.08. The van der Waals surface area contributed by atoms with Crippen LogP contribution in [0.25, 0.3) is 0 Å². The standard InChI is InChI=1S/C12H17N5/c1-4-10-6-11(17(3)16-10)5-9-7-14-8(2)15-12(9)13/h6-7H,4-5H2,1-3H3,(H2,13,14,15). The molecule has 0 atom stereocenters. The first-order chi connectivity index (χ1) is 8.10. The maximum absolute atomic E-state index is 5.88. The van der Waals surface area contributed by atoms with Crippen molar-refractivity contribution in [1.82, 2.24) is 19.7 Å². The third kappa shape index (κ3) is 2.43. The molecule has 0 radical (unpaired) electrons. The summed E-state index contributed by atoms with van der Waals surface area (Å²) in [6.45, 7) is 3.93. The van der Waals surface area contributed by atoms with Crippen LogP contribution in [0.1, 0.15) is 29.7 Å². The molecule has 2 aromatic rings. The zero-order valence-electron chi connectivity index (χ0n) is 10.4. The monoisotopic (exact) mass is 231 g/mol. The number of hydrogen-bond acceptors (Lipinski definition) is 4. The van der Waals surface area contributed by atoms with Gasteiger partial charge in [-0.1, -0.05) is 6.92 Å². The first-order valence-corrected chi connectivity index (χ1v) is 5.70. The van der Waals surface area contributed by atoms with Gasteiger partial charge < -0.3 is 5.73 Å². The van der Waals surface area contributed by atoms with Crippen molar-refractivity contribution in [2.24, 2.45) is 7.05 Å². The second-order valence-electron chi connectivity index (χ2n) is 4.11. The molecule has 0 saturated heterocycles. The molecule has 0 aliphatic carbocycles. The van der Waals surface area contributed by atoms with Crippen LogP contribution in [0.4, 0.5) is 5.82 Å². The van der Waals surface area contributed by atoms with Crippen LogP contribution >= 0.6 is 0 Å². The molecule has 5 nitrogen and oxygen atoms in total. The van der Waals surface area contributed by atoms with Gasteiger partial charge in [0.05, 0.1) is 5.69 Å². The summed E-state index contributed by atoms with van der Waals surface area (Å²) in [7, 11) is 1.94. The van der Waals surface area contributed by atoms with Crippen LogP contribution in [-0.2, 0) is 19.9 Å². The second kappa shape index (κ2) is 4.53. The summed E-state index contributed by atoms with van der Waals surface area (Å²) in [5.41, 5.74) is 9.04. The molecular formula is C12H17N5. The quantitative estimate of drug-likeness (QED) is 0.863. The Balaban J connectivity index is 2.27. The number of aromatic nitrogens is 4. The topological polar surface area (TPSA) is 69.6 Å². The summed E-state index contributed by atoms with van der Waals surface area (Å²) in [6, 6.07) is 2.10. The van der Waals surface area contributed by atoms with E-state index in [0.29, 0.717) is 11.6 Å². The molecule has 2 N–H and O–H groups in total. The fourth-order valence-corrected chi connectivity index (χ4v) is 1.75. The van der Waals surface area contributed by atoms with E-state index in [4.69, 9.17) is 5.73 Å². The summed E-state index contributed by atoms with van der Waals surface area (Å²) >= 11 is 0. The predicted octanol–water partition coefficient (Wildman–Crippen LogP) is 1.25.